The molecule has 8 rings (SSSR count). The van der Waals surface area contributed by atoms with Crippen molar-refractivity contribution in [2.75, 3.05) is 26.3 Å². The molecule has 0 spiro atoms. The second-order valence-electron chi connectivity index (χ2n) is 16.2. The predicted octanol–water partition coefficient (Wildman–Crippen LogP) is 7.74. The predicted molar refractivity (Wildman–Crippen MR) is 205 cm³/mol. The third-order valence-electron chi connectivity index (χ3n) is 11.0. The molecule has 0 N–H and O–H groups in total. The van der Waals surface area contributed by atoms with Gasteiger partial charge in [0, 0.05) is 39.3 Å². The average molecular weight is 750 g/mol. The summed E-state index contributed by atoms with van der Waals surface area (Å²) in [6, 6.07) is 19.8. The lowest BCUT2D eigenvalue weighted by Gasteiger charge is -2.33. The van der Waals surface area contributed by atoms with E-state index in [0.29, 0.717) is 18.2 Å². The molecule has 3 aliphatic rings. The highest BCUT2D eigenvalue weighted by atomic mass is 28.3. The minimum Gasteiger partial charge on any atom is -0.444 e. The molecular formula is C41H48FN7O4Si. The summed E-state index contributed by atoms with van der Waals surface area (Å²) in [5.41, 5.74) is 4.59. The second kappa shape index (κ2) is 14.6. The fourth-order valence-electron chi connectivity index (χ4n) is 7.69. The van der Waals surface area contributed by atoms with Crippen LogP contribution in [-0.4, -0.2) is 69.7 Å². The fraction of sp³-hybridized carbons (Fsp3) is 0.463. The Morgan fingerprint density at radius 3 is 2.56 bits per heavy atom. The molecule has 2 unspecified atom stereocenters. The maximum Gasteiger partial charge on any atom is 0.278 e. The molecule has 2 saturated heterocycles. The van der Waals surface area contributed by atoms with Gasteiger partial charge < -0.3 is 23.5 Å². The lowest BCUT2D eigenvalue weighted by molar-refractivity contribution is -0.0712. The van der Waals surface area contributed by atoms with Crippen LogP contribution in [0.4, 0.5) is 4.39 Å². The minimum absolute atomic E-state index is 0.191. The molecule has 0 saturated carbocycles. The van der Waals surface area contributed by atoms with Crippen molar-refractivity contribution in [3.05, 3.63) is 88.8 Å². The van der Waals surface area contributed by atoms with E-state index >= 15 is 4.39 Å². The highest BCUT2D eigenvalue weighted by Gasteiger charge is 2.43. The summed E-state index contributed by atoms with van der Waals surface area (Å²) in [4.78, 5) is 7.70. The van der Waals surface area contributed by atoms with E-state index in [1.54, 1.807) is 19.1 Å². The van der Waals surface area contributed by atoms with Gasteiger partial charge >= 0.3 is 0 Å². The van der Waals surface area contributed by atoms with E-state index in [4.69, 9.17) is 23.9 Å². The molecule has 2 fully saturated rings. The number of aryl methyl sites for hydroxylation is 1. The Morgan fingerprint density at radius 2 is 1.83 bits per heavy atom. The van der Waals surface area contributed by atoms with Crippen molar-refractivity contribution in [3.8, 4) is 29.0 Å². The molecule has 3 aromatic carbocycles. The molecule has 3 aliphatic heterocycles. The first-order chi connectivity index (χ1) is 26.0. The Hall–Kier alpha value is -4.61. The van der Waals surface area contributed by atoms with Crippen LogP contribution in [0.5, 0.6) is 11.5 Å². The third-order valence-corrected chi connectivity index (χ3v) is 12.7. The number of benzene rings is 3. The van der Waals surface area contributed by atoms with E-state index in [-0.39, 0.29) is 23.1 Å². The van der Waals surface area contributed by atoms with Crippen LogP contribution in [0.1, 0.15) is 60.4 Å². The number of likely N-dealkylation sites (tertiary alicyclic amines) is 1. The quantitative estimate of drug-likeness (QED) is 0.0934. The third kappa shape index (κ3) is 7.28. The number of hydrogen-bond donors (Lipinski definition) is 0. The molecular weight excluding hydrogens is 702 g/mol. The maximum atomic E-state index is 15.1. The zero-order valence-corrected chi connectivity index (χ0v) is 32.8. The zero-order chi connectivity index (χ0) is 37.6. The van der Waals surface area contributed by atoms with Crippen molar-refractivity contribution in [1.82, 2.24) is 29.2 Å². The maximum absolute atomic E-state index is 15.1. The van der Waals surface area contributed by atoms with Gasteiger partial charge in [-0.15, -0.1) is 10.2 Å². The van der Waals surface area contributed by atoms with Crippen molar-refractivity contribution >= 4 is 19.1 Å². The first-order valence-electron chi connectivity index (χ1n) is 19.0. The van der Waals surface area contributed by atoms with Gasteiger partial charge in [-0.3, -0.25) is 9.47 Å². The van der Waals surface area contributed by atoms with Crippen LogP contribution in [0.3, 0.4) is 0 Å². The van der Waals surface area contributed by atoms with E-state index in [1.165, 1.54) is 6.07 Å². The highest BCUT2D eigenvalue weighted by Crippen LogP contribution is 2.50. The number of hydrogen-bond acceptors (Lipinski definition) is 9. The van der Waals surface area contributed by atoms with Gasteiger partial charge in [0.05, 0.1) is 47.4 Å². The number of nitriles is 1. The van der Waals surface area contributed by atoms with Crippen LogP contribution < -0.4 is 9.47 Å². The summed E-state index contributed by atoms with van der Waals surface area (Å²) in [7, 11) is -1.19. The summed E-state index contributed by atoms with van der Waals surface area (Å²) >= 11 is 0. The molecule has 13 heteroatoms. The number of fused-ring (bicyclic) bond motifs is 2. The Kier molecular flexibility index (Phi) is 9.81. The van der Waals surface area contributed by atoms with Crippen molar-refractivity contribution in [2.45, 2.75) is 96.4 Å². The van der Waals surface area contributed by atoms with Crippen LogP contribution in [0.2, 0.25) is 25.7 Å². The summed E-state index contributed by atoms with van der Waals surface area (Å²) in [6.45, 7) is 16.0. The zero-order valence-electron chi connectivity index (χ0n) is 31.8. The summed E-state index contributed by atoms with van der Waals surface area (Å²) < 4.78 is 44.1. The van der Waals surface area contributed by atoms with E-state index in [1.807, 2.05) is 29.7 Å². The van der Waals surface area contributed by atoms with Gasteiger partial charge in [0.25, 0.3) is 5.79 Å². The van der Waals surface area contributed by atoms with Crippen molar-refractivity contribution in [3.63, 3.8) is 0 Å². The highest BCUT2D eigenvalue weighted by molar-refractivity contribution is 6.76. The molecule has 11 nitrogen and oxygen atoms in total. The topological polar surface area (TPSA) is 112 Å². The first kappa shape index (κ1) is 36.4. The smallest absolute Gasteiger partial charge is 0.278 e. The molecule has 2 aromatic heterocycles. The number of nitrogens with zero attached hydrogens (tertiary/aromatic N) is 7. The van der Waals surface area contributed by atoms with Crippen LogP contribution in [0.15, 0.2) is 54.6 Å². The van der Waals surface area contributed by atoms with Crippen molar-refractivity contribution < 1.29 is 23.3 Å². The van der Waals surface area contributed by atoms with Crippen LogP contribution in [-0.2, 0) is 35.1 Å². The van der Waals surface area contributed by atoms with Gasteiger partial charge in [-0.1, -0.05) is 31.8 Å². The number of piperidine rings is 1. The average Bonchev–Trinajstić information content (AvgIpc) is 3.79. The molecule has 0 amide bonds. The van der Waals surface area contributed by atoms with Gasteiger partial charge in [-0.25, -0.2) is 9.37 Å². The summed E-state index contributed by atoms with van der Waals surface area (Å²) in [5, 5.41) is 18.1. The van der Waals surface area contributed by atoms with Crippen LogP contribution in [0, 0.1) is 24.1 Å². The molecule has 0 radical (unpaired) electrons. The second-order valence-corrected chi connectivity index (χ2v) is 21.8. The summed E-state index contributed by atoms with van der Waals surface area (Å²) in [5.74, 6) is 2.33. The SMILES string of the molecule is Cc1nnc(-c2ccc3c(c2)nc(CN2CCC(c4cccc5c4OC(C)(c4ccc(C#N)cc4F)O5)CC2)n3CC2CCO2)n1COCC[Si](C)(C)C. The number of ether oxygens (including phenoxy) is 4. The van der Waals surface area contributed by atoms with Crippen LogP contribution in [0.25, 0.3) is 22.4 Å². The summed E-state index contributed by atoms with van der Waals surface area (Å²) in [6.07, 6.45) is 3.11. The minimum atomic E-state index is -1.32. The molecule has 5 aromatic rings. The van der Waals surface area contributed by atoms with Crippen molar-refractivity contribution in [1.29, 1.82) is 5.26 Å². The number of para-hydroxylation sites is 1. The lowest BCUT2D eigenvalue weighted by Crippen LogP contribution is -2.35. The number of halogens is 1. The number of imidazole rings is 1. The Bertz CT molecular complexity index is 2210. The number of rotatable bonds is 12. The standard InChI is InChI=1S/C41H48FN7O4Si/c1-27-45-46-40(49(27)26-50-19-20-54(3,4)5)30-10-12-36-35(22-30)44-38(48(36)24-31-15-18-51-31)25-47-16-13-29(14-17-47)32-7-6-8-37-39(32)53-41(2,52-37)33-11-9-28(23-43)21-34(33)42/h6-12,21-22,29,31H,13-20,24-26H2,1-5H3. The molecule has 0 bridgehead atoms. The largest absolute Gasteiger partial charge is 0.444 e. The molecule has 54 heavy (non-hydrogen) atoms. The molecule has 2 atom stereocenters. The van der Waals surface area contributed by atoms with Gasteiger partial charge in [0.1, 0.15) is 24.2 Å². The fourth-order valence-corrected chi connectivity index (χ4v) is 8.45. The van der Waals surface area contributed by atoms with Gasteiger partial charge in [-0.05, 0) is 93.7 Å². The monoisotopic (exact) mass is 749 g/mol. The Balaban J connectivity index is 0.978. The van der Waals surface area contributed by atoms with Gasteiger partial charge in [-0.2, -0.15) is 5.26 Å². The Morgan fingerprint density at radius 1 is 1.02 bits per heavy atom. The molecule has 5 heterocycles. The van der Waals surface area contributed by atoms with E-state index in [2.05, 4.69) is 63.6 Å². The number of aromatic nitrogens is 5. The molecule has 0 aliphatic carbocycles. The van der Waals surface area contributed by atoms with Gasteiger partial charge in [0.15, 0.2) is 17.3 Å². The Labute approximate surface area is 316 Å². The van der Waals surface area contributed by atoms with E-state index in [0.717, 1.165) is 104 Å². The van der Waals surface area contributed by atoms with Gasteiger partial charge in [0.2, 0.25) is 0 Å². The van der Waals surface area contributed by atoms with E-state index in [9.17, 15) is 5.26 Å². The van der Waals surface area contributed by atoms with Crippen LogP contribution >= 0.6 is 0 Å². The lowest BCUT2D eigenvalue weighted by atomic mass is 9.88. The molecule has 282 valence electrons. The normalized spacial score (nSPS) is 20.4. The first-order valence-corrected chi connectivity index (χ1v) is 22.7. The van der Waals surface area contributed by atoms with Crippen molar-refractivity contribution in [2.24, 2.45) is 0 Å². The van der Waals surface area contributed by atoms with E-state index < -0.39 is 19.7 Å².